The second-order valence-electron chi connectivity index (χ2n) is 5.83. The summed E-state index contributed by atoms with van der Waals surface area (Å²) in [6.45, 7) is 3.07. The summed E-state index contributed by atoms with van der Waals surface area (Å²) >= 11 is 0. The fraction of sp³-hybridized carbons (Fsp3) is 0.588. The molecule has 0 spiro atoms. The van der Waals surface area contributed by atoms with Crippen molar-refractivity contribution in [3.05, 3.63) is 35.9 Å². The van der Waals surface area contributed by atoms with Crippen LogP contribution in [0.2, 0.25) is 0 Å². The Bertz CT molecular complexity index is 428. The van der Waals surface area contributed by atoms with E-state index in [1.54, 1.807) is 0 Å². The zero-order chi connectivity index (χ0) is 15.1. The van der Waals surface area contributed by atoms with Crippen LogP contribution in [0.25, 0.3) is 0 Å². The predicted molar refractivity (Wildman–Crippen MR) is 84.1 cm³/mol. The van der Waals surface area contributed by atoms with E-state index >= 15 is 0 Å². The minimum atomic E-state index is -0.126. The van der Waals surface area contributed by atoms with Crippen LogP contribution in [0.3, 0.4) is 0 Å². The Kier molecular flexibility index (Phi) is 6.21. The molecule has 1 unspecified atom stereocenters. The third-order valence-electron chi connectivity index (χ3n) is 4.17. The van der Waals surface area contributed by atoms with E-state index in [2.05, 4.69) is 5.32 Å². The van der Waals surface area contributed by atoms with E-state index in [1.807, 2.05) is 37.3 Å². The molecule has 4 heteroatoms. The first-order valence-electron chi connectivity index (χ1n) is 7.86. The number of hydrogen-bond acceptors (Lipinski definition) is 3. The quantitative estimate of drug-likeness (QED) is 0.789. The molecule has 0 aliphatic heterocycles. The molecular formula is C17H26N2O2. The summed E-state index contributed by atoms with van der Waals surface area (Å²) in [5, 5.41) is 2.94. The Hall–Kier alpha value is -1.39. The highest BCUT2D eigenvalue weighted by atomic mass is 16.5. The molecule has 1 aromatic rings. The standard InChI is InChI=1S/C17H26N2O2/c1-13(14-5-3-2-4-6-14)17(20)19-11-12-21-16-9-7-15(18)8-10-16/h2-6,13,15-16H,7-12,18H2,1H3,(H,19,20). The highest BCUT2D eigenvalue weighted by Gasteiger charge is 2.19. The molecule has 1 aliphatic carbocycles. The minimum Gasteiger partial charge on any atom is -0.376 e. The van der Waals surface area contributed by atoms with E-state index in [1.165, 1.54) is 0 Å². The second kappa shape index (κ2) is 8.15. The third-order valence-corrected chi connectivity index (χ3v) is 4.17. The molecule has 0 radical (unpaired) electrons. The molecular weight excluding hydrogens is 264 g/mol. The maximum absolute atomic E-state index is 12.1. The van der Waals surface area contributed by atoms with Gasteiger partial charge >= 0.3 is 0 Å². The third kappa shape index (κ3) is 5.14. The molecule has 1 atom stereocenters. The molecule has 1 aromatic carbocycles. The molecule has 0 saturated heterocycles. The molecule has 0 bridgehead atoms. The predicted octanol–water partition coefficient (Wildman–Crippen LogP) is 2.19. The molecule has 1 aliphatic rings. The molecule has 116 valence electrons. The number of nitrogens with one attached hydrogen (secondary N) is 1. The van der Waals surface area contributed by atoms with Crippen LogP contribution in [0, 0.1) is 0 Å². The first-order chi connectivity index (χ1) is 10.2. The molecule has 1 amide bonds. The highest BCUT2D eigenvalue weighted by molar-refractivity contribution is 5.83. The van der Waals surface area contributed by atoms with Gasteiger partial charge in [0.2, 0.25) is 5.91 Å². The van der Waals surface area contributed by atoms with Gasteiger partial charge in [-0.05, 0) is 38.2 Å². The van der Waals surface area contributed by atoms with Crippen LogP contribution < -0.4 is 11.1 Å². The van der Waals surface area contributed by atoms with Gasteiger partial charge in [-0.1, -0.05) is 30.3 Å². The average Bonchev–Trinajstić information content (AvgIpc) is 2.53. The zero-order valence-corrected chi connectivity index (χ0v) is 12.8. The monoisotopic (exact) mass is 290 g/mol. The topological polar surface area (TPSA) is 64.3 Å². The molecule has 4 nitrogen and oxygen atoms in total. The summed E-state index contributed by atoms with van der Waals surface area (Å²) in [5.74, 6) is -0.0747. The largest absolute Gasteiger partial charge is 0.376 e. The van der Waals surface area contributed by atoms with Crippen molar-refractivity contribution >= 4 is 5.91 Å². The fourth-order valence-electron chi connectivity index (χ4n) is 2.70. The van der Waals surface area contributed by atoms with Gasteiger partial charge in [0.15, 0.2) is 0 Å². The molecule has 0 heterocycles. The smallest absolute Gasteiger partial charge is 0.227 e. The van der Waals surface area contributed by atoms with Crippen LogP contribution in [0.1, 0.15) is 44.1 Å². The van der Waals surface area contributed by atoms with Crippen LogP contribution in [-0.4, -0.2) is 31.2 Å². The maximum Gasteiger partial charge on any atom is 0.227 e. The number of carbonyl (C=O) groups excluding carboxylic acids is 1. The van der Waals surface area contributed by atoms with Gasteiger partial charge in [0, 0.05) is 12.6 Å². The van der Waals surface area contributed by atoms with Gasteiger partial charge in [0.1, 0.15) is 0 Å². The molecule has 2 rings (SSSR count). The van der Waals surface area contributed by atoms with E-state index in [9.17, 15) is 4.79 Å². The zero-order valence-electron chi connectivity index (χ0n) is 12.8. The summed E-state index contributed by atoms with van der Waals surface area (Å²) in [7, 11) is 0. The van der Waals surface area contributed by atoms with Crippen molar-refractivity contribution in [2.75, 3.05) is 13.2 Å². The van der Waals surface area contributed by atoms with Crippen LogP contribution >= 0.6 is 0 Å². The fourth-order valence-corrected chi connectivity index (χ4v) is 2.70. The van der Waals surface area contributed by atoms with E-state index in [4.69, 9.17) is 10.5 Å². The van der Waals surface area contributed by atoms with E-state index in [0.717, 1.165) is 31.2 Å². The molecule has 21 heavy (non-hydrogen) atoms. The number of ether oxygens (including phenoxy) is 1. The van der Waals surface area contributed by atoms with Crippen molar-refractivity contribution in [3.8, 4) is 0 Å². The Morgan fingerprint density at radius 2 is 1.95 bits per heavy atom. The molecule has 0 aromatic heterocycles. The molecule has 1 saturated carbocycles. The maximum atomic E-state index is 12.1. The van der Waals surface area contributed by atoms with Crippen molar-refractivity contribution in [3.63, 3.8) is 0 Å². The Morgan fingerprint density at radius 3 is 2.62 bits per heavy atom. The molecule has 1 fully saturated rings. The number of amides is 1. The van der Waals surface area contributed by atoms with Gasteiger partial charge in [-0.3, -0.25) is 4.79 Å². The lowest BCUT2D eigenvalue weighted by molar-refractivity contribution is -0.122. The number of hydrogen-bond donors (Lipinski definition) is 2. The van der Waals surface area contributed by atoms with Gasteiger partial charge in [-0.2, -0.15) is 0 Å². The average molecular weight is 290 g/mol. The van der Waals surface area contributed by atoms with Gasteiger partial charge in [0.05, 0.1) is 18.6 Å². The van der Waals surface area contributed by atoms with Gasteiger partial charge < -0.3 is 15.8 Å². The lowest BCUT2D eigenvalue weighted by Crippen LogP contribution is -2.34. The van der Waals surface area contributed by atoms with Crippen LogP contribution in [0.5, 0.6) is 0 Å². The normalized spacial score (nSPS) is 23.5. The van der Waals surface area contributed by atoms with Crippen LogP contribution in [-0.2, 0) is 9.53 Å². The summed E-state index contributed by atoms with van der Waals surface area (Å²) in [6, 6.07) is 10.2. The summed E-state index contributed by atoms with van der Waals surface area (Å²) < 4.78 is 5.80. The van der Waals surface area contributed by atoms with Crippen LogP contribution in [0.4, 0.5) is 0 Å². The lowest BCUT2D eigenvalue weighted by atomic mass is 9.94. The van der Waals surface area contributed by atoms with Crippen LogP contribution in [0.15, 0.2) is 30.3 Å². The van der Waals surface area contributed by atoms with Gasteiger partial charge in [-0.15, -0.1) is 0 Å². The Morgan fingerprint density at radius 1 is 1.29 bits per heavy atom. The molecule has 3 N–H and O–H groups in total. The minimum absolute atomic E-state index is 0.0514. The lowest BCUT2D eigenvalue weighted by Gasteiger charge is -2.26. The summed E-state index contributed by atoms with van der Waals surface area (Å²) in [4.78, 5) is 12.1. The SMILES string of the molecule is CC(C(=O)NCCOC1CCC(N)CC1)c1ccccc1. The number of nitrogens with two attached hydrogens (primary N) is 1. The van der Waals surface area contributed by atoms with Gasteiger partial charge in [0.25, 0.3) is 0 Å². The second-order valence-corrected chi connectivity index (χ2v) is 5.83. The van der Waals surface area contributed by atoms with Crippen molar-refractivity contribution in [2.24, 2.45) is 5.73 Å². The van der Waals surface area contributed by atoms with Crippen molar-refractivity contribution < 1.29 is 9.53 Å². The van der Waals surface area contributed by atoms with Crippen molar-refractivity contribution in [1.82, 2.24) is 5.32 Å². The highest BCUT2D eigenvalue weighted by Crippen LogP contribution is 2.19. The number of rotatable bonds is 6. The summed E-state index contributed by atoms with van der Waals surface area (Å²) in [5.41, 5.74) is 6.91. The Labute approximate surface area is 127 Å². The van der Waals surface area contributed by atoms with Crippen molar-refractivity contribution in [1.29, 1.82) is 0 Å². The first kappa shape index (κ1) is 16.0. The van der Waals surface area contributed by atoms with E-state index in [0.29, 0.717) is 25.3 Å². The summed E-state index contributed by atoms with van der Waals surface area (Å²) in [6.07, 6.45) is 4.48. The van der Waals surface area contributed by atoms with E-state index in [-0.39, 0.29) is 11.8 Å². The Balaban J connectivity index is 1.63. The first-order valence-corrected chi connectivity index (χ1v) is 7.86. The van der Waals surface area contributed by atoms with Crippen molar-refractivity contribution in [2.45, 2.75) is 50.7 Å². The number of benzene rings is 1. The van der Waals surface area contributed by atoms with E-state index < -0.39 is 0 Å². The van der Waals surface area contributed by atoms with Gasteiger partial charge in [-0.25, -0.2) is 0 Å². The number of carbonyl (C=O) groups is 1.